The summed E-state index contributed by atoms with van der Waals surface area (Å²) in [4.78, 5) is 11.9. The molecule has 0 aromatic heterocycles. The molecule has 0 unspecified atom stereocenters. The Morgan fingerprint density at radius 1 is 1.29 bits per heavy atom. The zero-order chi connectivity index (χ0) is 17.6. The molecule has 5 nitrogen and oxygen atoms in total. The molecule has 8 heteroatoms. The van der Waals surface area contributed by atoms with Gasteiger partial charge in [0, 0.05) is 7.11 Å². The molecular weight excluding hydrogens is 325 g/mol. The number of carbonyl (C=O) groups excluding carboxylic acids is 1. The minimum atomic E-state index is -4.49. The molecule has 1 aliphatic carbocycles. The first kappa shape index (κ1) is 18.5. The van der Waals surface area contributed by atoms with Crippen LogP contribution in [0.25, 0.3) is 0 Å². The number of ether oxygens (including phenoxy) is 2. The third-order valence-corrected chi connectivity index (χ3v) is 3.54. The molecule has 1 fully saturated rings. The Morgan fingerprint density at radius 3 is 2.67 bits per heavy atom. The lowest BCUT2D eigenvalue weighted by molar-refractivity contribution is -0.137. The lowest BCUT2D eigenvalue weighted by Crippen LogP contribution is -2.29. The third-order valence-electron chi connectivity index (χ3n) is 3.54. The van der Waals surface area contributed by atoms with E-state index in [9.17, 15) is 18.0 Å². The van der Waals surface area contributed by atoms with Gasteiger partial charge in [-0.3, -0.25) is 4.79 Å². The lowest BCUT2D eigenvalue weighted by atomic mass is 10.1. The van der Waals surface area contributed by atoms with Crippen LogP contribution in [0.15, 0.2) is 18.2 Å². The number of benzene rings is 1. The van der Waals surface area contributed by atoms with Crippen molar-refractivity contribution in [2.75, 3.05) is 38.7 Å². The maximum absolute atomic E-state index is 12.9. The van der Waals surface area contributed by atoms with Crippen molar-refractivity contribution in [2.45, 2.75) is 19.0 Å². The summed E-state index contributed by atoms with van der Waals surface area (Å²) in [5, 5.41) is 5.47. The number of amides is 1. The fraction of sp³-hybridized carbons (Fsp3) is 0.562. The number of hydrogen-bond acceptors (Lipinski definition) is 4. The van der Waals surface area contributed by atoms with E-state index in [1.54, 1.807) is 0 Å². The number of alkyl halides is 3. The van der Waals surface area contributed by atoms with E-state index in [1.165, 1.54) is 13.2 Å². The van der Waals surface area contributed by atoms with Gasteiger partial charge in [-0.15, -0.1) is 0 Å². The summed E-state index contributed by atoms with van der Waals surface area (Å²) in [7, 11) is 1.49. The molecule has 1 aromatic rings. The van der Waals surface area contributed by atoms with Crippen LogP contribution in [0, 0.1) is 5.92 Å². The molecule has 0 atom stereocenters. The van der Waals surface area contributed by atoms with Crippen LogP contribution in [0.1, 0.15) is 18.4 Å². The number of nitrogens with one attached hydrogen (secondary N) is 2. The summed E-state index contributed by atoms with van der Waals surface area (Å²) in [6.45, 7) is 1.25. The summed E-state index contributed by atoms with van der Waals surface area (Å²) in [5.74, 6) is 0.376. The molecule has 0 aliphatic heterocycles. The van der Waals surface area contributed by atoms with Gasteiger partial charge in [-0.2, -0.15) is 13.2 Å². The third kappa shape index (κ3) is 6.01. The zero-order valence-corrected chi connectivity index (χ0v) is 13.4. The van der Waals surface area contributed by atoms with Crippen molar-refractivity contribution in [1.29, 1.82) is 0 Å². The maximum Gasteiger partial charge on any atom is 0.416 e. The van der Waals surface area contributed by atoms with Crippen LogP contribution in [0.4, 0.5) is 18.9 Å². The van der Waals surface area contributed by atoms with Crippen LogP contribution in [0.3, 0.4) is 0 Å². The van der Waals surface area contributed by atoms with Crippen LogP contribution in [0.2, 0.25) is 0 Å². The topological polar surface area (TPSA) is 59.6 Å². The second-order valence-electron chi connectivity index (χ2n) is 5.67. The first-order chi connectivity index (χ1) is 11.4. The van der Waals surface area contributed by atoms with Gasteiger partial charge in [0.05, 0.1) is 24.4 Å². The summed E-state index contributed by atoms with van der Waals surface area (Å²) >= 11 is 0. The van der Waals surface area contributed by atoms with Crippen molar-refractivity contribution in [2.24, 2.45) is 5.92 Å². The Kier molecular flexibility index (Phi) is 6.44. The highest BCUT2D eigenvalue weighted by Gasteiger charge is 2.31. The highest BCUT2D eigenvalue weighted by Crippen LogP contribution is 2.35. The average Bonchev–Trinajstić information content (AvgIpc) is 3.32. The van der Waals surface area contributed by atoms with Gasteiger partial charge in [0.15, 0.2) is 0 Å². The fourth-order valence-corrected chi connectivity index (χ4v) is 2.07. The van der Waals surface area contributed by atoms with Gasteiger partial charge in [0.25, 0.3) is 0 Å². The molecule has 0 bridgehead atoms. The Labute approximate surface area is 138 Å². The van der Waals surface area contributed by atoms with Gasteiger partial charge in [-0.1, -0.05) is 0 Å². The van der Waals surface area contributed by atoms with Gasteiger partial charge in [-0.05, 0) is 43.5 Å². The van der Waals surface area contributed by atoms with Gasteiger partial charge in [0.1, 0.15) is 12.4 Å². The molecule has 134 valence electrons. The number of hydrogen-bond donors (Lipinski definition) is 2. The van der Waals surface area contributed by atoms with E-state index in [4.69, 9.17) is 9.47 Å². The average molecular weight is 346 g/mol. The zero-order valence-electron chi connectivity index (χ0n) is 13.4. The molecule has 0 saturated heterocycles. The Bertz CT molecular complexity index is 560. The van der Waals surface area contributed by atoms with Gasteiger partial charge >= 0.3 is 6.18 Å². The first-order valence-corrected chi connectivity index (χ1v) is 7.73. The number of methoxy groups -OCH3 is 1. The lowest BCUT2D eigenvalue weighted by Gasteiger charge is -2.15. The Balaban J connectivity index is 2.02. The minimum absolute atomic E-state index is 0.000787. The standard InChI is InChI=1S/C16H21F3N2O3/c1-23-6-7-24-14-5-4-12(16(17,18)19)8-13(14)21-15(22)10-20-9-11-2-3-11/h4-5,8,11,20H,2-3,6-7,9-10H2,1H3,(H,21,22). The summed E-state index contributed by atoms with van der Waals surface area (Å²) in [6, 6.07) is 3.00. The largest absolute Gasteiger partial charge is 0.489 e. The second kappa shape index (κ2) is 8.34. The highest BCUT2D eigenvalue weighted by molar-refractivity contribution is 5.93. The van der Waals surface area contributed by atoms with E-state index in [2.05, 4.69) is 10.6 Å². The molecule has 0 spiro atoms. The van der Waals surface area contributed by atoms with Crippen molar-refractivity contribution in [3.63, 3.8) is 0 Å². The Hall–Kier alpha value is -1.80. The molecule has 1 amide bonds. The molecule has 0 radical (unpaired) electrons. The number of carbonyl (C=O) groups is 1. The quantitative estimate of drug-likeness (QED) is 0.675. The summed E-state index contributed by atoms with van der Waals surface area (Å²) in [6.07, 6.45) is -2.19. The maximum atomic E-state index is 12.9. The van der Waals surface area contributed by atoms with Gasteiger partial charge in [0.2, 0.25) is 5.91 Å². The normalized spacial score (nSPS) is 14.5. The van der Waals surface area contributed by atoms with Crippen molar-refractivity contribution >= 4 is 11.6 Å². The van der Waals surface area contributed by atoms with Gasteiger partial charge in [-0.25, -0.2) is 0 Å². The number of halogens is 3. The Morgan fingerprint density at radius 2 is 2.04 bits per heavy atom. The predicted octanol–water partition coefficient (Wildman–Crippen LogP) is 2.67. The van der Waals surface area contributed by atoms with Crippen LogP contribution in [-0.2, 0) is 15.7 Å². The van der Waals surface area contributed by atoms with E-state index < -0.39 is 17.6 Å². The SMILES string of the molecule is COCCOc1ccc(C(F)(F)F)cc1NC(=O)CNCC1CC1. The first-order valence-electron chi connectivity index (χ1n) is 7.73. The van der Waals surface area contributed by atoms with Crippen LogP contribution >= 0.6 is 0 Å². The van der Waals surface area contributed by atoms with E-state index in [1.807, 2.05) is 0 Å². The second-order valence-corrected chi connectivity index (χ2v) is 5.67. The fourth-order valence-electron chi connectivity index (χ4n) is 2.07. The van der Waals surface area contributed by atoms with Gasteiger partial charge < -0.3 is 20.1 Å². The van der Waals surface area contributed by atoms with Crippen molar-refractivity contribution in [3.8, 4) is 5.75 Å². The summed E-state index contributed by atoms with van der Waals surface area (Å²) in [5.41, 5.74) is -0.845. The van der Waals surface area contributed by atoms with Crippen LogP contribution < -0.4 is 15.4 Å². The van der Waals surface area contributed by atoms with Crippen LogP contribution in [-0.4, -0.2) is 39.3 Å². The molecule has 1 aromatic carbocycles. The van der Waals surface area contributed by atoms with E-state index in [0.29, 0.717) is 5.92 Å². The minimum Gasteiger partial charge on any atom is -0.489 e. The van der Waals surface area contributed by atoms with E-state index in [-0.39, 0.29) is 31.2 Å². The number of rotatable bonds is 9. The molecule has 24 heavy (non-hydrogen) atoms. The molecular formula is C16H21F3N2O3. The smallest absolute Gasteiger partial charge is 0.416 e. The van der Waals surface area contributed by atoms with E-state index in [0.717, 1.165) is 31.5 Å². The molecule has 1 aliphatic rings. The predicted molar refractivity (Wildman–Crippen MR) is 83.0 cm³/mol. The van der Waals surface area contributed by atoms with Crippen molar-refractivity contribution < 1.29 is 27.4 Å². The molecule has 2 rings (SSSR count). The molecule has 1 saturated carbocycles. The van der Waals surface area contributed by atoms with Crippen LogP contribution in [0.5, 0.6) is 5.75 Å². The highest BCUT2D eigenvalue weighted by atomic mass is 19.4. The monoisotopic (exact) mass is 346 g/mol. The summed E-state index contributed by atoms with van der Waals surface area (Å²) < 4.78 is 48.8. The molecule has 0 heterocycles. The van der Waals surface area contributed by atoms with Crippen molar-refractivity contribution in [3.05, 3.63) is 23.8 Å². The van der Waals surface area contributed by atoms with E-state index >= 15 is 0 Å². The molecule has 2 N–H and O–H groups in total. The number of anilines is 1. The van der Waals surface area contributed by atoms with Crippen molar-refractivity contribution in [1.82, 2.24) is 5.32 Å².